The third-order valence-corrected chi connectivity index (χ3v) is 9.12. The molecule has 49 heavy (non-hydrogen) atoms. The Labute approximate surface area is 286 Å². The van der Waals surface area contributed by atoms with Gasteiger partial charge in [-0.15, -0.1) is 0 Å². The van der Waals surface area contributed by atoms with Crippen molar-refractivity contribution in [2.45, 2.75) is 52.4 Å². The lowest BCUT2D eigenvalue weighted by molar-refractivity contribution is 0.261. The van der Waals surface area contributed by atoms with E-state index in [1.807, 2.05) is 97.1 Å². The molecule has 0 bridgehead atoms. The molecule has 7 nitrogen and oxygen atoms in total. The van der Waals surface area contributed by atoms with Crippen LogP contribution in [0.2, 0.25) is 0 Å². The Morgan fingerprint density at radius 2 is 0.816 bits per heavy atom. The van der Waals surface area contributed by atoms with Crippen molar-refractivity contribution in [1.29, 1.82) is 0 Å². The van der Waals surface area contributed by atoms with Crippen LogP contribution in [0.3, 0.4) is 0 Å². The summed E-state index contributed by atoms with van der Waals surface area (Å²) in [6.07, 6.45) is 0. The van der Waals surface area contributed by atoms with E-state index in [9.17, 15) is 9.59 Å². The van der Waals surface area contributed by atoms with Gasteiger partial charge in [0.15, 0.2) is 0 Å². The van der Waals surface area contributed by atoms with Gasteiger partial charge in [-0.3, -0.25) is 0 Å². The van der Waals surface area contributed by atoms with E-state index in [4.69, 9.17) is 0 Å². The van der Waals surface area contributed by atoms with Crippen molar-refractivity contribution in [1.82, 2.24) is 4.98 Å². The molecule has 0 atom stereocenters. The zero-order valence-corrected chi connectivity index (χ0v) is 28.7. The van der Waals surface area contributed by atoms with Crippen LogP contribution in [-0.2, 0) is 10.8 Å². The van der Waals surface area contributed by atoms with Gasteiger partial charge in [0.1, 0.15) is 0 Å². The molecule has 0 aliphatic rings. The number of nitrogens with one attached hydrogen (secondary N) is 5. The van der Waals surface area contributed by atoms with Gasteiger partial charge in [0, 0.05) is 21.5 Å². The lowest BCUT2D eigenvalue weighted by Gasteiger charge is -2.22. The fraction of sp³-hybridized carbons (Fsp3) is 0.190. The van der Waals surface area contributed by atoms with E-state index in [1.165, 1.54) is 0 Å². The number of carbonyl (C=O) groups is 2. The van der Waals surface area contributed by atoms with E-state index < -0.39 is 0 Å². The second-order valence-corrected chi connectivity index (χ2v) is 14.7. The number of hydrogen-bond donors (Lipinski definition) is 5. The zero-order valence-electron chi connectivity index (χ0n) is 28.7. The predicted octanol–water partition coefficient (Wildman–Crippen LogP) is 11.5. The fourth-order valence-corrected chi connectivity index (χ4v) is 6.39. The number of urea groups is 2. The van der Waals surface area contributed by atoms with Crippen molar-refractivity contribution in [3.63, 3.8) is 0 Å². The van der Waals surface area contributed by atoms with Crippen molar-refractivity contribution >= 4 is 78.2 Å². The second kappa shape index (κ2) is 12.0. The molecule has 7 rings (SSSR count). The Morgan fingerprint density at radius 3 is 1.22 bits per heavy atom. The Bertz CT molecular complexity index is 2230. The van der Waals surface area contributed by atoms with E-state index in [2.05, 4.69) is 79.9 Å². The van der Waals surface area contributed by atoms with Gasteiger partial charge >= 0.3 is 12.1 Å². The minimum atomic E-state index is -0.342. The number of H-pyrrole nitrogens is 1. The molecule has 0 aliphatic carbocycles. The third kappa shape index (κ3) is 6.27. The van der Waals surface area contributed by atoms with Crippen molar-refractivity contribution in [2.24, 2.45) is 0 Å². The first-order chi connectivity index (χ1) is 23.3. The maximum atomic E-state index is 13.6. The van der Waals surface area contributed by atoms with Gasteiger partial charge in [-0.05, 0) is 69.1 Å². The summed E-state index contributed by atoms with van der Waals surface area (Å²) in [6, 6.07) is 35.4. The molecule has 246 valence electrons. The molecule has 7 aromatic rings. The van der Waals surface area contributed by atoms with Gasteiger partial charge in [0.05, 0.1) is 33.8 Å². The zero-order chi connectivity index (χ0) is 34.5. The average Bonchev–Trinajstić information content (AvgIpc) is 3.44. The minimum absolute atomic E-state index is 0.193. The number of benzene rings is 6. The van der Waals surface area contributed by atoms with Crippen LogP contribution in [0.4, 0.5) is 32.3 Å². The van der Waals surface area contributed by atoms with E-state index in [1.54, 1.807) is 0 Å². The van der Waals surface area contributed by atoms with Crippen molar-refractivity contribution < 1.29 is 9.59 Å². The van der Waals surface area contributed by atoms with Crippen LogP contribution in [0, 0.1) is 0 Å². The molecule has 0 radical (unpaired) electrons. The SMILES string of the molecule is CC(C)(C)c1cc(NC(=O)Nc2cccc3ccccc23)c2[nH]c3c(NC(=O)Nc4cccc5ccccc45)cc(C(C)(C)C)cc3c2c1. The number of carbonyl (C=O) groups excluding carboxylic acids is 2. The van der Waals surface area contributed by atoms with E-state index >= 15 is 0 Å². The maximum Gasteiger partial charge on any atom is 0.323 e. The molecule has 0 fully saturated rings. The van der Waals surface area contributed by atoms with E-state index in [-0.39, 0.29) is 22.9 Å². The molecule has 0 saturated carbocycles. The number of aromatic amines is 1. The smallest absolute Gasteiger partial charge is 0.323 e. The Balaban J connectivity index is 1.31. The average molecular weight is 648 g/mol. The first-order valence-corrected chi connectivity index (χ1v) is 16.6. The summed E-state index contributed by atoms with van der Waals surface area (Å²) in [7, 11) is 0. The van der Waals surface area contributed by atoms with Crippen molar-refractivity contribution in [2.75, 3.05) is 21.3 Å². The summed E-state index contributed by atoms with van der Waals surface area (Å²) in [6.45, 7) is 13.0. The molecule has 1 heterocycles. The molecule has 1 aromatic heterocycles. The highest BCUT2D eigenvalue weighted by molar-refractivity contribution is 6.19. The Hall–Kier alpha value is -5.82. The summed E-state index contributed by atoms with van der Waals surface area (Å²) in [5.74, 6) is 0. The van der Waals surface area contributed by atoms with E-state index in [0.717, 1.165) is 65.9 Å². The fourth-order valence-electron chi connectivity index (χ4n) is 6.39. The van der Waals surface area contributed by atoms with Crippen LogP contribution in [0.1, 0.15) is 52.7 Å². The van der Waals surface area contributed by atoms with Crippen LogP contribution in [-0.4, -0.2) is 17.0 Å². The minimum Gasteiger partial charge on any atom is -0.351 e. The maximum absolute atomic E-state index is 13.6. The van der Waals surface area contributed by atoms with Crippen molar-refractivity contribution in [3.8, 4) is 0 Å². The molecule has 5 N–H and O–H groups in total. The van der Waals surface area contributed by atoms with Gasteiger partial charge in [0.2, 0.25) is 0 Å². The monoisotopic (exact) mass is 647 g/mol. The highest BCUT2D eigenvalue weighted by Crippen LogP contribution is 2.40. The molecule has 4 amide bonds. The van der Waals surface area contributed by atoms with E-state index in [0.29, 0.717) is 11.4 Å². The van der Waals surface area contributed by atoms with Gasteiger partial charge in [-0.2, -0.15) is 0 Å². The highest BCUT2D eigenvalue weighted by Gasteiger charge is 2.24. The number of fused-ring (bicyclic) bond motifs is 5. The number of aromatic nitrogens is 1. The highest BCUT2D eigenvalue weighted by atomic mass is 16.2. The molecule has 7 heteroatoms. The predicted molar refractivity (Wildman–Crippen MR) is 206 cm³/mol. The molecule has 0 unspecified atom stereocenters. The summed E-state index contributed by atoms with van der Waals surface area (Å²) in [4.78, 5) is 30.8. The van der Waals surface area contributed by atoms with Crippen LogP contribution in [0.5, 0.6) is 0 Å². The summed E-state index contributed by atoms with van der Waals surface area (Å²) < 4.78 is 0. The topological polar surface area (TPSA) is 98.1 Å². The molecular weight excluding hydrogens is 606 g/mol. The standard InChI is InChI=1S/C42H41N5O2/c1-41(2,3)27-21-31-32-22-28(42(4,5)6)24-36(46-40(49)44-34-20-12-16-26-14-8-10-18-30(26)34)38(32)47-37(31)35(23-27)45-39(48)43-33-19-11-15-25-13-7-9-17-29(25)33/h7-24,47H,1-6H3,(H2,43,45,48)(H2,44,46,49). The lowest BCUT2D eigenvalue weighted by atomic mass is 9.84. The number of rotatable bonds is 4. The van der Waals surface area contributed by atoms with Crippen LogP contribution >= 0.6 is 0 Å². The molecule has 0 aliphatic heterocycles. The summed E-state index contributed by atoms with van der Waals surface area (Å²) in [5, 5.41) is 18.4. The normalized spacial score (nSPS) is 12.0. The molecule has 0 saturated heterocycles. The first-order valence-electron chi connectivity index (χ1n) is 16.6. The third-order valence-electron chi connectivity index (χ3n) is 9.12. The number of hydrogen-bond acceptors (Lipinski definition) is 2. The van der Waals surface area contributed by atoms with Crippen molar-refractivity contribution in [3.05, 3.63) is 120 Å². The number of anilines is 4. The van der Waals surface area contributed by atoms with Crippen LogP contribution in [0.25, 0.3) is 43.4 Å². The Kier molecular flexibility index (Phi) is 7.78. The first kappa shape index (κ1) is 31.8. The second-order valence-electron chi connectivity index (χ2n) is 14.7. The van der Waals surface area contributed by atoms with Gasteiger partial charge in [-0.1, -0.05) is 114 Å². The van der Waals surface area contributed by atoms with Gasteiger partial charge < -0.3 is 26.3 Å². The summed E-state index contributed by atoms with van der Waals surface area (Å²) >= 11 is 0. The lowest BCUT2D eigenvalue weighted by Crippen LogP contribution is -2.20. The summed E-state index contributed by atoms with van der Waals surface area (Å²) in [5.41, 5.74) is 6.08. The quantitative estimate of drug-likeness (QED) is 0.131. The Morgan fingerprint density at radius 1 is 0.449 bits per heavy atom. The van der Waals surface area contributed by atoms with Gasteiger partial charge in [-0.25, -0.2) is 9.59 Å². The number of amides is 4. The van der Waals surface area contributed by atoms with Gasteiger partial charge in [0.25, 0.3) is 0 Å². The molecule has 6 aromatic carbocycles. The van der Waals surface area contributed by atoms with Crippen LogP contribution < -0.4 is 21.3 Å². The molecule has 0 spiro atoms. The largest absolute Gasteiger partial charge is 0.351 e. The molecular formula is C42H41N5O2. The van der Waals surface area contributed by atoms with Crippen LogP contribution in [0.15, 0.2) is 109 Å².